The fraction of sp³-hybridized carbons (Fsp3) is 0.277. The van der Waals surface area contributed by atoms with Crippen LogP contribution in [-0.4, -0.2) is 139 Å². The highest BCUT2D eigenvalue weighted by Crippen LogP contribution is 2.12. The molecule has 0 radical (unpaired) electrons. The van der Waals surface area contributed by atoms with Gasteiger partial charge in [0, 0.05) is 50.7 Å². The summed E-state index contributed by atoms with van der Waals surface area (Å²) in [5, 5.41) is 17.3. The van der Waals surface area contributed by atoms with Crippen molar-refractivity contribution in [2.45, 2.75) is 93.5 Å². The summed E-state index contributed by atoms with van der Waals surface area (Å²) in [6.07, 6.45) is 7.28. The Balaban J connectivity index is 0.000000301. The Morgan fingerprint density at radius 2 is 0.640 bits per heavy atom. The first kappa shape index (κ1) is 72.3. The van der Waals surface area contributed by atoms with E-state index < -0.39 is 53.7 Å². The zero-order chi connectivity index (χ0) is 65.8. The molecule has 0 bridgehead atoms. The zero-order valence-corrected chi connectivity index (χ0v) is 50.5. The number of esters is 7. The van der Waals surface area contributed by atoms with Crippen molar-refractivity contribution in [3.8, 4) is 0 Å². The lowest BCUT2D eigenvalue weighted by Gasteiger charge is -2.09. The number of carbonyl (C=O) groups is 10. The number of carboxylic acids is 2. The van der Waals surface area contributed by atoms with Crippen LogP contribution in [0, 0.1) is 0 Å². The summed E-state index contributed by atoms with van der Waals surface area (Å²) in [6.45, 7) is 16.3. The highest BCUT2D eigenvalue weighted by Gasteiger charge is 2.18. The van der Waals surface area contributed by atoms with Crippen molar-refractivity contribution in [3.63, 3.8) is 0 Å². The lowest BCUT2D eigenvalue weighted by Crippen LogP contribution is -2.15. The number of benzene rings is 2. The van der Waals surface area contributed by atoms with E-state index in [1.54, 1.807) is 55.4 Å². The predicted molar refractivity (Wildman–Crippen MR) is 320 cm³/mol. The predicted octanol–water partition coefficient (Wildman–Crippen LogP) is 9.85. The van der Waals surface area contributed by atoms with Crippen LogP contribution in [0.3, 0.4) is 0 Å². The van der Waals surface area contributed by atoms with Gasteiger partial charge < -0.3 is 43.4 Å². The van der Waals surface area contributed by atoms with Crippen LogP contribution < -0.4 is 0 Å². The van der Waals surface area contributed by atoms with Crippen LogP contribution in [0.2, 0.25) is 0 Å². The SMILES string of the molecule is CC(C)OC(=O)c1cc(C(=O)O)ccn1.CC(C)OC(=O)c1ccnc(C(=O)OC(C)C)c1.CCOC(=O)c1cc(C(=O)O)ccn1.CCOC(=O)c1ccnc(C(C)=O)c1.O=C(OCCc1ccccc1)c1ccnc(C(=O)OCCc2ccccc2)c1. The van der Waals surface area contributed by atoms with Crippen LogP contribution >= 0.6 is 0 Å². The number of nitrogens with zero attached hydrogens (tertiary/aromatic N) is 5. The molecule has 0 fully saturated rings. The second kappa shape index (κ2) is 38.9. The summed E-state index contributed by atoms with van der Waals surface area (Å²) in [5.41, 5.74) is 3.59. The third-order valence-corrected chi connectivity index (χ3v) is 10.7. The van der Waals surface area contributed by atoms with E-state index in [0.717, 1.165) is 11.1 Å². The Labute approximate surface area is 513 Å². The van der Waals surface area contributed by atoms with Gasteiger partial charge in [-0.25, -0.2) is 63.1 Å². The topological polar surface area (TPSA) is 340 Å². The average Bonchev–Trinajstić information content (AvgIpc) is 3.71. The zero-order valence-electron chi connectivity index (χ0n) is 50.5. The molecule has 7 rings (SSSR count). The Kier molecular flexibility index (Phi) is 31.6. The second-order valence-electron chi connectivity index (χ2n) is 18.9. The molecule has 89 heavy (non-hydrogen) atoms. The maximum Gasteiger partial charge on any atom is 0.357 e. The number of pyridine rings is 5. The third-order valence-electron chi connectivity index (χ3n) is 10.7. The molecule has 0 saturated carbocycles. The molecule has 0 spiro atoms. The first-order valence-electron chi connectivity index (χ1n) is 27.6. The van der Waals surface area contributed by atoms with Crippen molar-refractivity contribution >= 4 is 59.5 Å². The first-order valence-corrected chi connectivity index (χ1v) is 27.6. The molecule has 24 nitrogen and oxygen atoms in total. The highest BCUT2D eigenvalue weighted by atomic mass is 16.6. The number of carboxylic acid groups (broad SMARTS) is 2. The van der Waals surface area contributed by atoms with Crippen LogP contribution in [-0.2, 0) is 46.0 Å². The van der Waals surface area contributed by atoms with Gasteiger partial charge in [-0.1, -0.05) is 60.7 Å². The van der Waals surface area contributed by atoms with Gasteiger partial charge in [-0.15, -0.1) is 0 Å². The van der Waals surface area contributed by atoms with Gasteiger partial charge in [0.15, 0.2) is 5.78 Å². The molecule has 0 saturated heterocycles. The molecular weight excluding hydrogens is 1150 g/mol. The van der Waals surface area contributed by atoms with Gasteiger partial charge in [-0.2, -0.15) is 0 Å². The number of ether oxygens (including phenoxy) is 7. The number of hydrogen-bond donors (Lipinski definition) is 2. The lowest BCUT2D eigenvalue weighted by atomic mass is 10.2. The van der Waals surface area contributed by atoms with Crippen LogP contribution in [0.5, 0.6) is 0 Å². The van der Waals surface area contributed by atoms with Gasteiger partial charge in [0.1, 0.15) is 28.5 Å². The number of Topliss-reactive ketones (excluding diaryl/α,β-unsaturated/α-hetero) is 1. The largest absolute Gasteiger partial charge is 0.478 e. The Hall–Kier alpha value is -10.9. The molecular formula is C65H69N5O19. The maximum atomic E-state index is 12.2. The molecule has 0 aliphatic heterocycles. The quantitative estimate of drug-likeness (QED) is 0.0384. The summed E-state index contributed by atoms with van der Waals surface area (Å²) in [7, 11) is 0. The van der Waals surface area contributed by atoms with Gasteiger partial charge in [-0.3, -0.25) is 9.78 Å². The molecule has 5 aromatic heterocycles. The van der Waals surface area contributed by atoms with Gasteiger partial charge in [0.05, 0.1) is 72.6 Å². The van der Waals surface area contributed by atoms with Gasteiger partial charge in [0.25, 0.3) is 0 Å². The van der Waals surface area contributed by atoms with Crippen molar-refractivity contribution in [1.29, 1.82) is 0 Å². The summed E-state index contributed by atoms with van der Waals surface area (Å²) in [6, 6.07) is 33.2. The number of aromatic nitrogens is 5. The number of ketones is 1. The molecule has 24 heteroatoms. The minimum atomic E-state index is -1.10. The third kappa shape index (κ3) is 27.8. The summed E-state index contributed by atoms with van der Waals surface area (Å²) >= 11 is 0. The Morgan fingerprint density at radius 1 is 0.360 bits per heavy atom. The van der Waals surface area contributed by atoms with E-state index in [0.29, 0.717) is 25.0 Å². The highest BCUT2D eigenvalue weighted by molar-refractivity contribution is 5.97. The van der Waals surface area contributed by atoms with Crippen LogP contribution in [0.4, 0.5) is 0 Å². The molecule has 0 amide bonds. The van der Waals surface area contributed by atoms with Gasteiger partial charge in [-0.05, 0) is 127 Å². The molecule has 7 aromatic rings. The molecule has 2 N–H and O–H groups in total. The van der Waals surface area contributed by atoms with E-state index in [2.05, 4.69) is 29.7 Å². The minimum absolute atomic E-state index is 0.00333. The summed E-state index contributed by atoms with van der Waals surface area (Å²) in [5.74, 6) is -6.12. The number of carbonyl (C=O) groups excluding carboxylic acids is 8. The normalized spacial score (nSPS) is 10.1. The maximum absolute atomic E-state index is 12.2. The van der Waals surface area contributed by atoms with Crippen molar-refractivity contribution in [3.05, 3.63) is 220 Å². The van der Waals surface area contributed by atoms with Crippen LogP contribution in [0.15, 0.2) is 152 Å². The molecule has 0 atom stereocenters. The Morgan fingerprint density at radius 3 is 1.00 bits per heavy atom. The number of hydrogen-bond acceptors (Lipinski definition) is 22. The fourth-order valence-electron chi connectivity index (χ4n) is 6.66. The first-order chi connectivity index (χ1) is 42.4. The van der Waals surface area contributed by atoms with Crippen LogP contribution in [0.1, 0.15) is 178 Å². The van der Waals surface area contributed by atoms with E-state index in [4.69, 9.17) is 38.6 Å². The molecule has 468 valence electrons. The molecule has 0 aliphatic carbocycles. The van der Waals surface area contributed by atoms with Crippen LogP contribution in [0.25, 0.3) is 0 Å². The van der Waals surface area contributed by atoms with Crippen molar-refractivity contribution in [2.24, 2.45) is 0 Å². The minimum Gasteiger partial charge on any atom is -0.478 e. The van der Waals surface area contributed by atoms with E-state index in [9.17, 15) is 47.9 Å². The molecule has 0 unspecified atom stereocenters. The van der Waals surface area contributed by atoms with Gasteiger partial charge in [0.2, 0.25) is 0 Å². The summed E-state index contributed by atoms with van der Waals surface area (Å²) in [4.78, 5) is 133. The van der Waals surface area contributed by atoms with Gasteiger partial charge >= 0.3 is 53.7 Å². The van der Waals surface area contributed by atoms with E-state index in [1.807, 2.05) is 60.7 Å². The number of rotatable bonds is 21. The smallest absolute Gasteiger partial charge is 0.357 e. The number of aromatic carboxylic acids is 2. The standard InChI is InChI=1S/C23H21NO4.C13H17NO4.C10H11NO4.C10H11NO3.C9H9NO4/c25-22(27-15-12-18-7-3-1-4-8-18)20-11-14-24-21(17-20)23(26)28-16-13-19-9-5-2-6-10-19;1-8(2)17-12(15)10-5-6-14-11(7-10)13(16)18-9(3)4;1-6(2)15-10(14)8-5-7(9(12)13)3-4-11-8;1-3-14-10(13)8-4-5-11-9(6-8)7(2)12;1-2-14-9(13)7-5-6(8(11)12)3-4-10-7/h1-11,14,17H,12-13,15-16H2;5-9H,1-4H3;3-6H,1-2H3,(H,12,13);4-6H,3H2,1-2H3;3-5H,2H2,1H3,(H,11,12). The van der Waals surface area contributed by atoms with E-state index in [1.165, 1.54) is 98.6 Å². The second-order valence-corrected chi connectivity index (χ2v) is 18.9. The molecule has 2 aromatic carbocycles. The van der Waals surface area contributed by atoms with Crippen molar-refractivity contribution < 1.29 is 91.3 Å². The molecule has 5 heterocycles. The van der Waals surface area contributed by atoms with E-state index >= 15 is 0 Å². The fourth-order valence-corrected chi connectivity index (χ4v) is 6.66. The monoisotopic (exact) mass is 1220 g/mol. The van der Waals surface area contributed by atoms with Crippen molar-refractivity contribution in [2.75, 3.05) is 26.4 Å². The average molecular weight is 1220 g/mol. The summed E-state index contributed by atoms with van der Waals surface area (Å²) < 4.78 is 34.9. The lowest BCUT2D eigenvalue weighted by molar-refractivity contribution is 0.0356. The molecule has 0 aliphatic rings. The van der Waals surface area contributed by atoms with E-state index in [-0.39, 0.29) is 94.6 Å². The Bertz CT molecular complexity index is 3300. The van der Waals surface area contributed by atoms with Crippen molar-refractivity contribution in [1.82, 2.24) is 24.9 Å².